The highest BCUT2D eigenvalue weighted by Crippen LogP contribution is 2.36. The first-order chi connectivity index (χ1) is 30.7. The van der Waals surface area contributed by atoms with E-state index < -0.39 is 0 Å². The number of rotatable bonds is 33. The summed E-state index contributed by atoms with van der Waals surface area (Å²) in [6, 6.07) is 0.459. The molecule has 0 atom stereocenters. The molecule has 0 aromatic heterocycles. The van der Waals surface area contributed by atoms with Crippen molar-refractivity contribution in [2.75, 3.05) is 13.2 Å². The molecule has 0 spiro atoms. The Kier molecular flexibility index (Phi) is 32.0. The van der Waals surface area contributed by atoms with E-state index in [0.717, 1.165) is 141 Å². The van der Waals surface area contributed by atoms with Gasteiger partial charge >= 0.3 is 0 Å². The Bertz CT molecular complexity index is 1650. The van der Waals surface area contributed by atoms with Gasteiger partial charge in [0.15, 0.2) is 0 Å². The lowest BCUT2D eigenvalue weighted by atomic mass is 9.79. The van der Waals surface area contributed by atoms with E-state index in [1.807, 2.05) is 6.08 Å². The summed E-state index contributed by atoms with van der Waals surface area (Å²) in [6.45, 7) is 32.5. The Labute approximate surface area is 404 Å². The molecule has 0 aromatic carbocycles. The molecule has 370 valence electrons. The van der Waals surface area contributed by atoms with Gasteiger partial charge in [0.1, 0.15) is 0 Å². The quantitative estimate of drug-likeness (QED) is 0.0454. The van der Waals surface area contributed by atoms with Gasteiger partial charge in [-0.1, -0.05) is 116 Å². The molecule has 4 nitrogen and oxygen atoms in total. The number of hydrogen-bond acceptors (Lipinski definition) is 4. The zero-order valence-electron chi connectivity index (χ0n) is 45.2. The van der Waals surface area contributed by atoms with Gasteiger partial charge in [0.05, 0.1) is 6.61 Å². The molecule has 1 heterocycles. The lowest BCUT2D eigenvalue weighted by molar-refractivity contribution is -0.246. The van der Waals surface area contributed by atoms with Crippen molar-refractivity contribution in [2.24, 2.45) is 0 Å². The number of aliphatic hydroxyl groups is 1. The minimum atomic E-state index is -0.194. The van der Waals surface area contributed by atoms with Crippen molar-refractivity contribution in [3.8, 4) is 0 Å². The highest BCUT2D eigenvalue weighted by Gasteiger charge is 2.44. The summed E-state index contributed by atoms with van der Waals surface area (Å²) in [7, 11) is 0. The van der Waals surface area contributed by atoms with Crippen molar-refractivity contribution in [3.05, 3.63) is 116 Å². The van der Waals surface area contributed by atoms with Gasteiger partial charge < -0.3 is 15.6 Å². The summed E-state index contributed by atoms with van der Waals surface area (Å²) in [5.74, 6) is 0. The Morgan fingerprint density at radius 1 is 0.400 bits per heavy atom. The molecule has 0 radical (unpaired) electrons. The molecule has 0 aliphatic carbocycles. The highest BCUT2D eigenvalue weighted by atomic mass is 16.5. The number of aliphatic hydroxyl groups excluding tert-OH is 1. The van der Waals surface area contributed by atoms with Gasteiger partial charge in [-0.05, 0) is 245 Å². The van der Waals surface area contributed by atoms with Gasteiger partial charge in [-0.2, -0.15) is 5.06 Å². The molecule has 0 aromatic rings. The van der Waals surface area contributed by atoms with Crippen molar-refractivity contribution in [2.45, 2.75) is 255 Å². The summed E-state index contributed by atoms with van der Waals surface area (Å²) in [4.78, 5) is 0. The fourth-order valence-corrected chi connectivity index (χ4v) is 9.18. The van der Waals surface area contributed by atoms with Gasteiger partial charge in [0, 0.05) is 17.1 Å². The summed E-state index contributed by atoms with van der Waals surface area (Å²) in [6.07, 6.45) is 48.7. The summed E-state index contributed by atoms with van der Waals surface area (Å²) >= 11 is 0. The van der Waals surface area contributed by atoms with Gasteiger partial charge in [-0.25, -0.2) is 0 Å². The van der Waals surface area contributed by atoms with Crippen molar-refractivity contribution >= 4 is 0 Å². The maximum Gasteiger partial charge on any atom is 0.0614 e. The summed E-state index contributed by atoms with van der Waals surface area (Å²) < 4.78 is 0. The maximum absolute atomic E-state index is 10.6. The third kappa shape index (κ3) is 31.0. The smallest absolute Gasteiger partial charge is 0.0614 e. The van der Waals surface area contributed by atoms with Crippen molar-refractivity contribution < 1.29 is 10.3 Å². The van der Waals surface area contributed by atoms with E-state index in [-0.39, 0.29) is 17.7 Å². The van der Waals surface area contributed by atoms with E-state index in [0.29, 0.717) is 6.04 Å². The molecule has 1 aliphatic heterocycles. The molecule has 1 rings (SSSR count). The average Bonchev–Trinajstić information content (AvgIpc) is 3.21. The molecule has 1 saturated heterocycles. The molecule has 1 fully saturated rings. The standard InChI is InChI=1S/C61H104N2O2/c1-49(25-15-26-50(2)28-17-30-52(4)32-19-34-54(6)36-21-38-56(8)40-23-42-58(10)44-46-64)27-16-29-51(3)31-18-33-53(5)35-20-37-55(7)39-22-41-57(9)43-24-45-62-59-47-60(11,12)63(65)61(13,14)48-59/h25,28-29,32-33,36-37,40-41,44,59,62,64-65H,15-24,26-27,30-31,34-35,38-39,42-43,45-48H2,1-14H3/b49-25-,50-28-,51-29-,52-32-,53-33+,54-36-,55-37+,56-40-,57-41+,58-44-. The molecular formula is C61H104N2O2. The molecule has 0 bridgehead atoms. The minimum absolute atomic E-state index is 0.147. The van der Waals surface area contributed by atoms with Crippen LogP contribution < -0.4 is 5.32 Å². The van der Waals surface area contributed by atoms with Crippen LogP contribution in [0.25, 0.3) is 0 Å². The van der Waals surface area contributed by atoms with Crippen molar-refractivity contribution in [1.29, 1.82) is 0 Å². The molecule has 0 unspecified atom stereocenters. The molecule has 65 heavy (non-hydrogen) atoms. The second kappa shape index (κ2) is 34.5. The molecule has 1 aliphatic rings. The van der Waals surface area contributed by atoms with Crippen LogP contribution in [0.3, 0.4) is 0 Å². The van der Waals surface area contributed by atoms with Gasteiger partial charge in [0.2, 0.25) is 0 Å². The minimum Gasteiger partial charge on any atom is -0.392 e. The van der Waals surface area contributed by atoms with E-state index in [2.05, 4.69) is 157 Å². The number of nitrogens with zero attached hydrogens (tertiary/aromatic N) is 1. The van der Waals surface area contributed by atoms with E-state index >= 15 is 0 Å². The monoisotopic (exact) mass is 897 g/mol. The third-order valence-electron chi connectivity index (χ3n) is 13.5. The Morgan fingerprint density at radius 3 is 0.846 bits per heavy atom. The number of hydroxylamine groups is 2. The molecule has 4 heteroatoms. The van der Waals surface area contributed by atoms with Crippen LogP contribution >= 0.6 is 0 Å². The van der Waals surface area contributed by atoms with Gasteiger partial charge in [0.25, 0.3) is 0 Å². The van der Waals surface area contributed by atoms with E-state index in [9.17, 15) is 5.21 Å². The normalized spacial score (nSPS) is 18.3. The largest absolute Gasteiger partial charge is 0.392 e. The van der Waals surface area contributed by atoms with Crippen molar-refractivity contribution in [1.82, 2.24) is 10.4 Å². The molecular weight excluding hydrogens is 793 g/mol. The van der Waals surface area contributed by atoms with Crippen molar-refractivity contribution in [3.63, 3.8) is 0 Å². The first-order valence-electron chi connectivity index (χ1n) is 26.1. The van der Waals surface area contributed by atoms with Crippen LogP contribution in [0.1, 0.15) is 238 Å². The summed E-state index contributed by atoms with van der Waals surface area (Å²) in [5.41, 5.74) is 14.5. The Morgan fingerprint density at radius 2 is 0.615 bits per heavy atom. The Hall–Kier alpha value is -2.76. The number of nitrogens with one attached hydrogen (secondary N) is 1. The van der Waals surface area contributed by atoms with Crippen LogP contribution in [0.4, 0.5) is 0 Å². The lowest BCUT2D eigenvalue weighted by Gasteiger charge is -2.51. The molecule has 0 saturated carbocycles. The van der Waals surface area contributed by atoms with Crippen LogP contribution in [0.5, 0.6) is 0 Å². The van der Waals surface area contributed by atoms with Crippen LogP contribution in [-0.4, -0.2) is 45.6 Å². The zero-order valence-corrected chi connectivity index (χ0v) is 45.2. The van der Waals surface area contributed by atoms with Crippen LogP contribution in [0.15, 0.2) is 116 Å². The Balaban J connectivity index is 2.22. The molecule has 3 N–H and O–H groups in total. The fraction of sp³-hybridized carbons (Fsp3) is 0.672. The predicted octanol–water partition coefficient (Wildman–Crippen LogP) is 18.2. The topological polar surface area (TPSA) is 55.7 Å². The van der Waals surface area contributed by atoms with Crippen LogP contribution in [-0.2, 0) is 0 Å². The van der Waals surface area contributed by atoms with Crippen LogP contribution in [0.2, 0.25) is 0 Å². The zero-order chi connectivity index (χ0) is 48.7. The second-order valence-electron chi connectivity index (χ2n) is 21.6. The molecule has 0 amide bonds. The SMILES string of the molecule is C/C(=C/CO)CC/C=C(/C)CC/C=C(/C)CC/C=C(/C)CC/C=C(/C)CC/C=C(/C)CC/C=C(/C)CC/C=C(\C)CC/C=C(\C)CC/C=C(\C)CCCNC1CC(C)(C)N(O)C(C)(C)C1. The van der Waals surface area contributed by atoms with Gasteiger partial charge in [-0.15, -0.1) is 0 Å². The lowest BCUT2D eigenvalue weighted by Crippen LogP contribution is -2.62. The average molecular weight is 898 g/mol. The predicted molar refractivity (Wildman–Crippen MR) is 290 cm³/mol. The van der Waals surface area contributed by atoms with Gasteiger partial charge in [-0.3, -0.25) is 0 Å². The number of allylic oxidation sites excluding steroid dienone is 19. The number of hydrogen-bond donors (Lipinski definition) is 3. The highest BCUT2D eigenvalue weighted by molar-refractivity contribution is 5.11. The van der Waals surface area contributed by atoms with E-state index in [1.165, 1.54) is 62.2 Å². The third-order valence-corrected chi connectivity index (χ3v) is 13.5. The second-order valence-corrected chi connectivity index (χ2v) is 21.6. The van der Waals surface area contributed by atoms with E-state index in [4.69, 9.17) is 5.11 Å². The maximum atomic E-state index is 10.6. The number of piperidine rings is 1. The van der Waals surface area contributed by atoms with Crippen LogP contribution in [0, 0.1) is 0 Å². The first kappa shape index (κ1) is 60.3. The first-order valence-corrected chi connectivity index (χ1v) is 26.1. The van der Waals surface area contributed by atoms with E-state index in [1.54, 1.807) is 5.06 Å². The fourth-order valence-electron chi connectivity index (χ4n) is 9.18. The summed E-state index contributed by atoms with van der Waals surface area (Å²) in [5, 5.41) is 24.9.